The minimum absolute atomic E-state index is 0.157. The third-order valence-corrected chi connectivity index (χ3v) is 5.72. The minimum atomic E-state index is 0.157. The van der Waals surface area contributed by atoms with Gasteiger partial charge >= 0.3 is 0 Å². The molecule has 0 spiro atoms. The molecule has 2 aromatic carbocycles. The van der Waals surface area contributed by atoms with Crippen molar-refractivity contribution in [2.24, 2.45) is 0 Å². The van der Waals surface area contributed by atoms with E-state index in [2.05, 4.69) is 89.6 Å². The van der Waals surface area contributed by atoms with E-state index in [1.807, 2.05) is 0 Å². The zero-order chi connectivity index (χ0) is 19.8. The molecule has 1 heterocycles. The molecule has 1 aliphatic heterocycles. The molecule has 0 aliphatic carbocycles. The van der Waals surface area contributed by atoms with Crippen molar-refractivity contribution in [3.63, 3.8) is 0 Å². The molecule has 0 atom stereocenters. The van der Waals surface area contributed by atoms with Gasteiger partial charge in [0.05, 0.1) is 12.6 Å². The lowest BCUT2D eigenvalue weighted by Gasteiger charge is -2.39. The first-order valence-corrected chi connectivity index (χ1v) is 10.6. The highest BCUT2D eigenvalue weighted by molar-refractivity contribution is 5.78. The van der Waals surface area contributed by atoms with Gasteiger partial charge in [0.15, 0.2) is 0 Å². The number of benzene rings is 2. The molecule has 1 saturated heterocycles. The van der Waals surface area contributed by atoms with Gasteiger partial charge < -0.3 is 5.32 Å². The number of hydrogen-bond acceptors (Lipinski definition) is 3. The first-order valence-electron chi connectivity index (χ1n) is 10.6. The Morgan fingerprint density at radius 3 is 1.82 bits per heavy atom. The number of hydrogen-bond donors (Lipinski definition) is 1. The van der Waals surface area contributed by atoms with E-state index in [1.54, 1.807) is 0 Å². The Bertz CT molecular complexity index is 668. The molecule has 0 saturated carbocycles. The van der Waals surface area contributed by atoms with Crippen molar-refractivity contribution in [2.75, 3.05) is 32.7 Å². The second-order valence-corrected chi connectivity index (χ2v) is 7.62. The normalized spacial score (nSPS) is 15.9. The molecule has 0 bridgehead atoms. The first-order chi connectivity index (χ1) is 13.7. The molecule has 4 heteroatoms. The smallest absolute Gasteiger partial charge is 0.234 e. The standard InChI is InChI=1S/C24H33N3O/c1-3-22(4-2)25-23(28)19-26-15-17-27(18-16-26)24(20-11-7-5-8-12-20)21-13-9-6-10-14-21/h5-14,22,24H,3-4,15-19H2,1-2H3,(H,25,28). The van der Waals surface area contributed by atoms with Crippen LogP contribution in [0, 0.1) is 0 Å². The SMILES string of the molecule is CCC(CC)NC(=O)CN1CCN(C(c2ccccc2)c2ccccc2)CC1. The Balaban J connectivity index is 1.62. The largest absolute Gasteiger partial charge is 0.352 e. The molecule has 0 radical (unpaired) electrons. The van der Waals surface area contributed by atoms with E-state index in [0.717, 1.165) is 39.0 Å². The maximum Gasteiger partial charge on any atom is 0.234 e. The second kappa shape index (κ2) is 10.4. The third kappa shape index (κ3) is 5.43. The summed E-state index contributed by atoms with van der Waals surface area (Å²) in [5.74, 6) is 0.157. The Labute approximate surface area is 169 Å². The Morgan fingerprint density at radius 1 is 0.857 bits per heavy atom. The average Bonchev–Trinajstić information content (AvgIpc) is 2.75. The molecule has 28 heavy (non-hydrogen) atoms. The molecule has 1 fully saturated rings. The molecular weight excluding hydrogens is 346 g/mol. The number of carbonyl (C=O) groups excluding carboxylic acids is 1. The van der Waals surface area contributed by atoms with Gasteiger partial charge in [-0.1, -0.05) is 74.5 Å². The monoisotopic (exact) mass is 379 g/mol. The molecule has 0 unspecified atom stereocenters. The predicted molar refractivity (Wildman–Crippen MR) is 115 cm³/mol. The molecule has 1 aliphatic rings. The van der Waals surface area contributed by atoms with E-state index in [9.17, 15) is 4.79 Å². The number of rotatable bonds is 8. The molecule has 1 N–H and O–H groups in total. The number of nitrogens with zero attached hydrogens (tertiary/aromatic N) is 2. The van der Waals surface area contributed by atoms with Crippen molar-refractivity contribution in [1.82, 2.24) is 15.1 Å². The maximum atomic E-state index is 12.3. The fourth-order valence-electron chi connectivity index (χ4n) is 4.03. The number of carbonyl (C=O) groups is 1. The number of nitrogens with one attached hydrogen (secondary N) is 1. The van der Waals surface area contributed by atoms with Crippen LogP contribution in [0.25, 0.3) is 0 Å². The van der Waals surface area contributed by atoms with Gasteiger partial charge in [-0.05, 0) is 24.0 Å². The number of amides is 1. The van der Waals surface area contributed by atoms with Gasteiger partial charge in [-0.3, -0.25) is 14.6 Å². The molecular formula is C24H33N3O. The zero-order valence-corrected chi connectivity index (χ0v) is 17.2. The van der Waals surface area contributed by atoms with Gasteiger partial charge in [0.25, 0.3) is 0 Å². The summed E-state index contributed by atoms with van der Waals surface area (Å²) in [5.41, 5.74) is 2.65. The van der Waals surface area contributed by atoms with Crippen molar-refractivity contribution >= 4 is 5.91 Å². The van der Waals surface area contributed by atoms with E-state index in [4.69, 9.17) is 0 Å². The van der Waals surface area contributed by atoms with Crippen LogP contribution in [-0.4, -0.2) is 54.5 Å². The molecule has 3 rings (SSSR count). The topological polar surface area (TPSA) is 35.6 Å². The van der Waals surface area contributed by atoms with Crippen LogP contribution < -0.4 is 5.32 Å². The first kappa shape index (κ1) is 20.6. The Kier molecular flexibility index (Phi) is 7.63. The van der Waals surface area contributed by atoms with Crippen LogP contribution >= 0.6 is 0 Å². The summed E-state index contributed by atoms with van der Waals surface area (Å²) < 4.78 is 0. The molecule has 0 aromatic heterocycles. The number of piperazine rings is 1. The van der Waals surface area contributed by atoms with Crippen LogP contribution in [0.4, 0.5) is 0 Å². The van der Waals surface area contributed by atoms with E-state index >= 15 is 0 Å². The van der Waals surface area contributed by atoms with Crippen LogP contribution in [0.1, 0.15) is 43.9 Å². The predicted octanol–water partition coefficient (Wildman–Crippen LogP) is 3.70. The van der Waals surface area contributed by atoms with Gasteiger partial charge in [0.1, 0.15) is 0 Å². The Hall–Kier alpha value is -2.17. The lowest BCUT2D eigenvalue weighted by molar-refractivity contribution is -0.123. The summed E-state index contributed by atoms with van der Waals surface area (Å²) in [6.07, 6.45) is 1.98. The van der Waals surface area contributed by atoms with Crippen molar-refractivity contribution in [3.8, 4) is 0 Å². The van der Waals surface area contributed by atoms with E-state index in [-0.39, 0.29) is 11.9 Å². The second-order valence-electron chi connectivity index (χ2n) is 7.62. The zero-order valence-electron chi connectivity index (χ0n) is 17.2. The van der Waals surface area contributed by atoms with Gasteiger partial charge in [-0.2, -0.15) is 0 Å². The van der Waals surface area contributed by atoms with Crippen LogP contribution in [0.5, 0.6) is 0 Å². The molecule has 1 amide bonds. The summed E-state index contributed by atoms with van der Waals surface area (Å²) in [5, 5.41) is 3.16. The van der Waals surface area contributed by atoms with Crippen LogP contribution in [0.15, 0.2) is 60.7 Å². The highest BCUT2D eigenvalue weighted by Gasteiger charge is 2.27. The van der Waals surface area contributed by atoms with Crippen LogP contribution in [0.2, 0.25) is 0 Å². The van der Waals surface area contributed by atoms with Crippen molar-refractivity contribution in [2.45, 2.75) is 38.8 Å². The lowest BCUT2D eigenvalue weighted by atomic mass is 9.96. The highest BCUT2D eigenvalue weighted by atomic mass is 16.2. The minimum Gasteiger partial charge on any atom is -0.352 e. The Morgan fingerprint density at radius 2 is 1.36 bits per heavy atom. The summed E-state index contributed by atoms with van der Waals surface area (Å²) in [7, 11) is 0. The van der Waals surface area contributed by atoms with Gasteiger partial charge in [0.2, 0.25) is 5.91 Å². The summed E-state index contributed by atoms with van der Waals surface area (Å²) in [4.78, 5) is 17.2. The molecule has 150 valence electrons. The molecule has 2 aromatic rings. The quantitative estimate of drug-likeness (QED) is 0.760. The van der Waals surface area contributed by atoms with Gasteiger partial charge in [0, 0.05) is 32.2 Å². The van der Waals surface area contributed by atoms with Crippen molar-refractivity contribution in [3.05, 3.63) is 71.8 Å². The third-order valence-electron chi connectivity index (χ3n) is 5.72. The van der Waals surface area contributed by atoms with Gasteiger partial charge in [-0.25, -0.2) is 0 Å². The summed E-state index contributed by atoms with van der Waals surface area (Å²) in [6, 6.07) is 22.0. The average molecular weight is 380 g/mol. The van der Waals surface area contributed by atoms with E-state index in [0.29, 0.717) is 12.6 Å². The fraction of sp³-hybridized carbons (Fsp3) is 0.458. The van der Waals surface area contributed by atoms with Crippen LogP contribution in [0.3, 0.4) is 0 Å². The van der Waals surface area contributed by atoms with Crippen molar-refractivity contribution < 1.29 is 4.79 Å². The summed E-state index contributed by atoms with van der Waals surface area (Å²) in [6.45, 7) is 8.53. The van der Waals surface area contributed by atoms with E-state index in [1.165, 1.54) is 11.1 Å². The highest BCUT2D eigenvalue weighted by Crippen LogP contribution is 2.29. The fourth-order valence-corrected chi connectivity index (χ4v) is 4.03. The lowest BCUT2D eigenvalue weighted by Crippen LogP contribution is -2.51. The van der Waals surface area contributed by atoms with Gasteiger partial charge in [-0.15, -0.1) is 0 Å². The van der Waals surface area contributed by atoms with E-state index < -0.39 is 0 Å². The summed E-state index contributed by atoms with van der Waals surface area (Å²) >= 11 is 0. The van der Waals surface area contributed by atoms with Crippen molar-refractivity contribution in [1.29, 1.82) is 0 Å². The maximum absolute atomic E-state index is 12.3. The molecule has 4 nitrogen and oxygen atoms in total. The van der Waals surface area contributed by atoms with Crippen LogP contribution in [-0.2, 0) is 4.79 Å².